The summed E-state index contributed by atoms with van der Waals surface area (Å²) in [5.41, 5.74) is 16.9. The van der Waals surface area contributed by atoms with Gasteiger partial charge in [0.05, 0.1) is 5.41 Å². The minimum Gasteiger partial charge on any atom is -0.208 e. The predicted octanol–water partition coefficient (Wildman–Crippen LogP) is 15.4. The van der Waals surface area contributed by atoms with E-state index < -0.39 is 5.41 Å². The van der Waals surface area contributed by atoms with Gasteiger partial charge < -0.3 is 0 Å². The summed E-state index contributed by atoms with van der Waals surface area (Å²) in [4.78, 5) is 15.2. The van der Waals surface area contributed by atoms with Crippen molar-refractivity contribution in [2.45, 2.75) is 5.41 Å². The molecule has 1 atom stereocenters. The Kier molecular flexibility index (Phi) is 9.39. The normalized spacial score (nSPS) is 13.9. The highest BCUT2D eigenvalue weighted by Gasteiger charge is 2.46. The van der Waals surface area contributed by atoms with Gasteiger partial charge in [0.2, 0.25) is 0 Å². The van der Waals surface area contributed by atoms with Crippen LogP contribution < -0.4 is 0 Å². The molecule has 0 spiro atoms. The number of benzene rings is 10. The molecule has 3 heteroatoms. The molecule has 0 saturated carbocycles. The summed E-state index contributed by atoms with van der Waals surface area (Å²) in [5.74, 6) is 1.89. The van der Waals surface area contributed by atoms with E-state index in [-0.39, 0.29) is 0 Å². The highest BCUT2D eigenvalue weighted by molar-refractivity contribution is 6.04. The highest BCUT2D eigenvalue weighted by Crippen LogP contribution is 2.57. The number of aromatic nitrogens is 3. The largest absolute Gasteiger partial charge is 0.208 e. The van der Waals surface area contributed by atoms with Crippen LogP contribution in [-0.4, -0.2) is 15.0 Å². The van der Waals surface area contributed by atoms with Gasteiger partial charge >= 0.3 is 0 Å². The molecule has 0 saturated heterocycles. The maximum atomic E-state index is 5.10. The average molecular weight is 828 g/mol. The standard InChI is InChI=1S/C62H41N3/c1-4-14-42(15-5-1)44-24-30-49(31-25-44)59-63-60(50-32-26-45(27-33-50)43-16-6-2-7-17-43)65-61(64-59)51-34-28-46(29-35-51)47-36-39-53(40-37-47)62(52-19-8-3-9-20-52)56-23-13-12-22-55(56)58-54-21-11-10-18-48(54)38-41-57(58)62/h1-41H. The van der Waals surface area contributed by atoms with Gasteiger partial charge in [-0.25, -0.2) is 15.0 Å². The van der Waals surface area contributed by atoms with Crippen LogP contribution >= 0.6 is 0 Å². The van der Waals surface area contributed by atoms with Gasteiger partial charge in [-0.3, -0.25) is 0 Å². The van der Waals surface area contributed by atoms with E-state index in [1.165, 1.54) is 55.3 Å². The molecule has 3 nitrogen and oxygen atoms in total. The van der Waals surface area contributed by atoms with Crippen molar-refractivity contribution in [2.75, 3.05) is 0 Å². The molecule has 0 bridgehead atoms. The van der Waals surface area contributed by atoms with E-state index in [1.54, 1.807) is 0 Å². The first-order valence-electron chi connectivity index (χ1n) is 22.2. The molecule has 1 heterocycles. The first-order chi connectivity index (χ1) is 32.2. The van der Waals surface area contributed by atoms with Crippen molar-refractivity contribution in [3.8, 4) is 78.7 Å². The summed E-state index contributed by atoms with van der Waals surface area (Å²) in [7, 11) is 0. The van der Waals surface area contributed by atoms with Crippen molar-refractivity contribution < 1.29 is 0 Å². The molecule has 11 aromatic rings. The van der Waals surface area contributed by atoms with Crippen molar-refractivity contribution in [3.05, 3.63) is 271 Å². The molecule has 65 heavy (non-hydrogen) atoms. The Labute approximate surface area is 379 Å². The maximum Gasteiger partial charge on any atom is 0.164 e. The first kappa shape index (κ1) is 38.2. The van der Waals surface area contributed by atoms with E-state index in [1.807, 2.05) is 12.1 Å². The maximum absolute atomic E-state index is 5.10. The Morgan fingerprint density at radius 2 is 0.615 bits per heavy atom. The van der Waals surface area contributed by atoms with Crippen LogP contribution in [0.25, 0.3) is 89.4 Å². The van der Waals surface area contributed by atoms with Crippen molar-refractivity contribution >= 4 is 10.8 Å². The molecular weight excluding hydrogens is 787 g/mol. The second-order valence-corrected chi connectivity index (χ2v) is 16.7. The van der Waals surface area contributed by atoms with Gasteiger partial charge in [-0.15, -0.1) is 0 Å². The summed E-state index contributed by atoms with van der Waals surface area (Å²) in [6.45, 7) is 0. The van der Waals surface area contributed by atoms with E-state index in [4.69, 9.17) is 15.0 Å². The van der Waals surface area contributed by atoms with Crippen LogP contribution in [0.5, 0.6) is 0 Å². The Morgan fingerprint density at radius 3 is 1.12 bits per heavy atom. The number of rotatable bonds is 8. The highest BCUT2D eigenvalue weighted by atomic mass is 15.0. The van der Waals surface area contributed by atoms with E-state index >= 15 is 0 Å². The monoisotopic (exact) mass is 827 g/mol. The van der Waals surface area contributed by atoms with Crippen molar-refractivity contribution in [1.82, 2.24) is 15.0 Å². The second kappa shape index (κ2) is 16.0. The van der Waals surface area contributed by atoms with Crippen molar-refractivity contribution in [1.29, 1.82) is 0 Å². The van der Waals surface area contributed by atoms with Crippen LogP contribution in [-0.2, 0) is 5.41 Å². The smallest absolute Gasteiger partial charge is 0.164 e. The molecule has 1 aromatic heterocycles. The predicted molar refractivity (Wildman–Crippen MR) is 267 cm³/mol. The number of hydrogen-bond acceptors (Lipinski definition) is 3. The molecule has 304 valence electrons. The van der Waals surface area contributed by atoms with Crippen molar-refractivity contribution in [3.63, 3.8) is 0 Å². The molecule has 0 radical (unpaired) electrons. The summed E-state index contributed by atoms with van der Waals surface area (Å²) < 4.78 is 0. The fraction of sp³-hybridized carbons (Fsp3) is 0.0161. The fourth-order valence-corrected chi connectivity index (χ4v) is 9.90. The zero-order chi connectivity index (χ0) is 43.2. The van der Waals surface area contributed by atoms with E-state index in [0.29, 0.717) is 17.5 Å². The molecule has 0 N–H and O–H groups in total. The lowest BCUT2D eigenvalue weighted by Gasteiger charge is -2.34. The first-order valence-corrected chi connectivity index (χ1v) is 22.2. The third-order valence-corrected chi connectivity index (χ3v) is 13.1. The van der Waals surface area contributed by atoms with Gasteiger partial charge in [-0.1, -0.05) is 249 Å². The van der Waals surface area contributed by atoms with Gasteiger partial charge in [0.1, 0.15) is 0 Å². The van der Waals surface area contributed by atoms with Crippen molar-refractivity contribution in [2.24, 2.45) is 0 Å². The minimum absolute atomic E-state index is 0.475. The molecule has 1 aliphatic rings. The topological polar surface area (TPSA) is 38.7 Å². The zero-order valence-electron chi connectivity index (χ0n) is 35.5. The second-order valence-electron chi connectivity index (χ2n) is 16.7. The zero-order valence-corrected chi connectivity index (χ0v) is 35.5. The summed E-state index contributed by atoms with van der Waals surface area (Å²) in [5, 5.41) is 2.54. The van der Waals surface area contributed by atoms with Crippen LogP contribution in [0, 0.1) is 0 Å². The van der Waals surface area contributed by atoms with Crippen LogP contribution in [0.1, 0.15) is 22.3 Å². The van der Waals surface area contributed by atoms with E-state index in [9.17, 15) is 0 Å². The minimum atomic E-state index is -0.475. The van der Waals surface area contributed by atoms with Gasteiger partial charge in [0.25, 0.3) is 0 Å². The quantitative estimate of drug-likeness (QED) is 0.153. The van der Waals surface area contributed by atoms with Crippen LogP contribution in [0.2, 0.25) is 0 Å². The van der Waals surface area contributed by atoms with Gasteiger partial charge in [-0.05, 0) is 77.5 Å². The van der Waals surface area contributed by atoms with E-state index in [0.717, 1.165) is 38.9 Å². The SMILES string of the molecule is c1ccc(-c2ccc(-c3nc(-c4ccc(-c5ccccc5)cc4)nc(-c4ccc(-c5ccc(C6(c7ccccc7)c7ccccc7-c7c6ccc6ccccc76)cc5)cc4)n3)cc2)cc1. The lowest BCUT2D eigenvalue weighted by molar-refractivity contribution is 0.769. The summed E-state index contributed by atoms with van der Waals surface area (Å²) >= 11 is 0. The lowest BCUT2D eigenvalue weighted by Crippen LogP contribution is -2.28. The molecule has 1 aliphatic carbocycles. The molecular formula is C62H41N3. The van der Waals surface area contributed by atoms with Crippen LogP contribution in [0.3, 0.4) is 0 Å². The molecule has 12 rings (SSSR count). The molecule has 0 fully saturated rings. The Morgan fingerprint density at radius 1 is 0.246 bits per heavy atom. The van der Waals surface area contributed by atoms with Gasteiger partial charge in [0, 0.05) is 16.7 Å². The third-order valence-electron chi connectivity index (χ3n) is 13.1. The van der Waals surface area contributed by atoms with E-state index in [2.05, 4.69) is 237 Å². The summed E-state index contributed by atoms with van der Waals surface area (Å²) in [6.07, 6.45) is 0. The van der Waals surface area contributed by atoms with Crippen LogP contribution in [0.15, 0.2) is 249 Å². The average Bonchev–Trinajstić information content (AvgIpc) is 3.71. The van der Waals surface area contributed by atoms with Gasteiger partial charge in [-0.2, -0.15) is 0 Å². The number of hydrogen-bond donors (Lipinski definition) is 0. The third kappa shape index (κ3) is 6.65. The number of fused-ring (bicyclic) bond motifs is 5. The van der Waals surface area contributed by atoms with Gasteiger partial charge in [0.15, 0.2) is 17.5 Å². The molecule has 1 unspecified atom stereocenters. The fourth-order valence-electron chi connectivity index (χ4n) is 9.90. The lowest BCUT2D eigenvalue weighted by atomic mass is 9.67. The Bertz CT molecular complexity index is 3370. The molecule has 10 aromatic carbocycles. The number of nitrogens with zero attached hydrogens (tertiary/aromatic N) is 3. The Balaban J connectivity index is 0.916. The molecule has 0 aliphatic heterocycles. The molecule has 0 amide bonds. The summed E-state index contributed by atoms with van der Waals surface area (Å²) in [6, 6.07) is 89.0. The Hall–Kier alpha value is -8.53. The van der Waals surface area contributed by atoms with Crippen LogP contribution in [0.4, 0.5) is 0 Å².